The number of nitrogens with zero attached hydrogens (tertiary/aromatic N) is 5. The Labute approximate surface area is 233 Å². The van der Waals surface area contributed by atoms with E-state index in [1.54, 1.807) is 44.2 Å². The van der Waals surface area contributed by atoms with E-state index in [1.165, 1.54) is 6.20 Å². The van der Waals surface area contributed by atoms with Crippen molar-refractivity contribution in [3.05, 3.63) is 66.4 Å². The second-order valence-corrected chi connectivity index (χ2v) is 11.8. The second kappa shape index (κ2) is 11.1. The highest BCUT2D eigenvalue weighted by Crippen LogP contribution is 2.29. The van der Waals surface area contributed by atoms with Gasteiger partial charge in [-0.05, 0) is 56.3 Å². The van der Waals surface area contributed by atoms with Gasteiger partial charge in [0.05, 0.1) is 16.9 Å². The van der Waals surface area contributed by atoms with E-state index >= 15 is 0 Å². The molecule has 1 amide bonds. The van der Waals surface area contributed by atoms with Crippen LogP contribution in [-0.2, 0) is 14.8 Å². The number of amides is 1. The van der Waals surface area contributed by atoms with Crippen molar-refractivity contribution in [2.24, 2.45) is 0 Å². The van der Waals surface area contributed by atoms with Crippen molar-refractivity contribution in [3.63, 3.8) is 0 Å². The molecule has 40 heavy (non-hydrogen) atoms. The topological polar surface area (TPSA) is 133 Å². The lowest BCUT2D eigenvalue weighted by molar-refractivity contribution is -0.129. The Morgan fingerprint density at radius 2 is 1.68 bits per heavy atom. The van der Waals surface area contributed by atoms with Gasteiger partial charge in [0.2, 0.25) is 11.9 Å². The molecule has 2 aromatic heterocycles. The van der Waals surface area contributed by atoms with Crippen LogP contribution < -0.4 is 15.5 Å². The number of hydrogen-bond donors (Lipinski definition) is 3. The van der Waals surface area contributed by atoms with Gasteiger partial charge in [-0.25, -0.2) is 12.4 Å². The minimum atomic E-state index is -3.92. The Balaban J connectivity index is 1.45. The van der Waals surface area contributed by atoms with Crippen molar-refractivity contribution in [2.75, 3.05) is 48.3 Å². The summed E-state index contributed by atoms with van der Waals surface area (Å²) in [7, 11) is -3.92. The maximum absolute atomic E-state index is 13.5. The van der Waals surface area contributed by atoms with Crippen LogP contribution in [0.15, 0.2) is 65.7 Å². The third-order valence-corrected chi connectivity index (χ3v) is 8.64. The Kier molecular flexibility index (Phi) is 7.63. The summed E-state index contributed by atoms with van der Waals surface area (Å²) in [5.74, 6) is 0.713. The Hall–Kier alpha value is -4.16. The molecule has 5 rings (SSSR count). The number of rotatable bonds is 8. The predicted octanol–water partition coefficient (Wildman–Crippen LogP) is 3.18. The molecule has 3 heterocycles. The first-order chi connectivity index (χ1) is 19.2. The third kappa shape index (κ3) is 5.58. The lowest BCUT2D eigenvalue weighted by Crippen LogP contribution is -2.48. The zero-order valence-corrected chi connectivity index (χ0v) is 23.5. The summed E-state index contributed by atoms with van der Waals surface area (Å²) < 4.78 is 28.2. The normalized spacial score (nSPS) is 14.8. The molecule has 1 atom stereocenters. The number of aliphatic hydroxyl groups is 1. The van der Waals surface area contributed by atoms with Crippen LogP contribution >= 0.6 is 0 Å². The summed E-state index contributed by atoms with van der Waals surface area (Å²) >= 11 is 0. The van der Waals surface area contributed by atoms with Gasteiger partial charge in [-0.2, -0.15) is 9.97 Å². The molecule has 0 unspecified atom stereocenters. The Morgan fingerprint density at radius 1 is 1.00 bits per heavy atom. The SMILES string of the molecule is CC(=O)N1CCN(c2ccc(Nc3nc(N[C@H](C)CO)c4ccn(S(=O)(=O)c5ccc(C)cc5)c4n3)cc2)CC1. The van der Waals surface area contributed by atoms with E-state index in [2.05, 4.69) is 25.5 Å². The molecule has 0 bridgehead atoms. The van der Waals surface area contributed by atoms with Crippen LogP contribution in [0.5, 0.6) is 0 Å². The van der Waals surface area contributed by atoms with Gasteiger partial charge in [0.25, 0.3) is 10.0 Å². The first-order valence-corrected chi connectivity index (χ1v) is 14.6. The summed E-state index contributed by atoms with van der Waals surface area (Å²) in [5.41, 5.74) is 2.94. The summed E-state index contributed by atoms with van der Waals surface area (Å²) in [4.78, 5) is 25.0. The first-order valence-electron chi connectivity index (χ1n) is 13.1. The highest BCUT2D eigenvalue weighted by Gasteiger charge is 2.23. The number of anilines is 4. The van der Waals surface area contributed by atoms with Crippen LogP contribution in [0.4, 0.5) is 23.1 Å². The molecule has 3 N–H and O–H groups in total. The van der Waals surface area contributed by atoms with E-state index in [9.17, 15) is 18.3 Å². The van der Waals surface area contributed by atoms with E-state index in [-0.39, 0.29) is 35.0 Å². The van der Waals surface area contributed by atoms with E-state index in [0.29, 0.717) is 24.3 Å². The summed E-state index contributed by atoms with van der Waals surface area (Å²) in [6.45, 7) is 8.07. The van der Waals surface area contributed by atoms with Gasteiger partial charge in [-0.1, -0.05) is 17.7 Å². The summed E-state index contributed by atoms with van der Waals surface area (Å²) in [5, 5.41) is 16.5. The minimum Gasteiger partial charge on any atom is -0.394 e. The third-order valence-electron chi connectivity index (χ3n) is 6.96. The van der Waals surface area contributed by atoms with E-state index in [0.717, 1.165) is 34.0 Å². The number of aliphatic hydroxyl groups excluding tert-OH is 1. The van der Waals surface area contributed by atoms with Crippen molar-refractivity contribution >= 4 is 50.1 Å². The van der Waals surface area contributed by atoms with E-state index in [1.807, 2.05) is 36.1 Å². The number of aryl methyl sites for hydroxylation is 1. The number of benzene rings is 2. The van der Waals surface area contributed by atoms with Crippen molar-refractivity contribution in [2.45, 2.75) is 31.7 Å². The highest BCUT2D eigenvalue weighted by molar-refractivity contribution is 7.90. The molecule has 1 fully saturated rings. The number of aromatic nitrogens is 3. The number of carbonyl (C=O) groups is 1. The van der Waals surface area contributed by atoms with Crippen molar-refractivity contribution < 1.29 is 18.3 Å². The van der Waals surface area contributed by atoms with Gasteiger partial charge >= 0.3 is 0 Å². The second-order valence-electron chi connectivity index (χ2n) is 9.96. The molecule has 1 aliphatic rings. The van der Waals surface area contributed by atoms with Gasteiger partial charge in [-0.3, -0.25) is 4.79 Å². The van der Waals surface area contributed by atoms with Crippen LogP contribution in [0.3, 0.4) is 0 Å². The van der Waals surface area contributed by atoms with Gasteiger partial charge in [0, 0.05) is 56.7 Å². The maximum atomic E-state index is 13.5. The predicted molar refractivity (Wildman–Crippen MR) is 156 cm³/mol. The van der Waals surface area contributed by atoms with Crippen LogP contribution in [-0.4, -0.2) is 77.1 Å². The molecule has 0 spiro atoms. The number of fused-ring (bicyclic) bond motifs is 1. The van der Waals surface area contributed by atoms with Crippen LogP contribution in [0.25, 0.3) is 11.0 Å². The summed E-state index contributed by atoms with van der Waals surface area (Å²) in [6, 6.07) is 15.8. The number of carbonyl (C=O) groups excluding carboxylic acids is 1. The zero-order valence-electron chi connectivity index (χ0n) is 22.7. The van der Waals surface area contributed by atoms with Crippen LogP contribution in [0, 0.1) is 6.92 Å². The molecule has 1 saturated heterocycles. The molecule has 0 aliphatic carbocycles. The number of piperazine rings is 1. The molecule has 0 saturated carbocycles. The van der Waals surface area contributed by atoms with Gasteiger partial charge in [0.1, 0.15) is 5.82 Å². The molecular formula is C28H33N7O4S. The largest absolute Gasteiger partial charge is 0.394 e. The fourth-order valence-electron chi connectivity index (χ4n) is 4.62. The molecule has 2 aromatic carbocycles. The maximum Gasteiger partial charge on any atom is 0.269 e. The molecule has 12 heteroatoms. The molecule has 210 valence electrons. The lowest BCUT2D eigenvalue weighted by atomic mass is 10.2. The molecule has 11 nitrogen and oxygen atoms in total. The lowest BCUT2D eigenvalue weighted by Gasteiger charge is -2.35. The van der Waals surface area contributed by atoms with Crippen molar-refractivity contribution in [1.82, 2.24) is 18.8 Å². The van der Waals surface area contributed by atoms with E-state index < -0.39 is 10.0 Å². The molecular weight excluding hydrogens is 530 g/mol. The van der Waals surface area contributed by atoms with Gasteiger partial charge < -0.3 is 25.5 Å². The standard InChI is InChI=1S/C28H33N7O4S/c1-19-4-10-24(11-5-19)40(38,39)35-13-12-25-26(29-20(2)18-36)31-28(32-27(25)35)30-22-6-8-23(9-7-22)34-16-14-33(15-17-34)21(3)37/h4-13,20,36H,14-18H2,1-3H3,(H2,29,30,31,32)/t20-/m1/s1. The van der Waals surface area contributed by atoms with E-state index in [4.69, 9.17) is 0 Å². The van der Waals surface area contributed by atoms with Crippen molar-refractivity contribution in [3.8, 4) is 0 Å². The average Bonchev–Trinajstić information content (AvgIpc) is 3.39. The Bertz CT molecular complexity index is 1610. The van der Waals surface area contributed by atoms with Crippen LogP contribution in [0.2, 0.25) is 0 Å². The summed E-state index contributed by atoms with van der Waals surface area (Å²) in [6.07, 6.45) is 1.47. The smallest absolute Gasteiger partial charge is 0.269 e. The number of nitrogens with one attached hydrogen (secondary N) is 2. The zero-order chi connectivity index (χ0) is 28.4. The van der Waals surface area contributed by atoms with Gasteiger partial charge in [0.15, 0.2) is 5.65 Å². The fourth-order valence-corrected chi connectivity index (χ4v) is 5.91. The quantitative estimate of drug-likeness (QED) is 0.296. The molecule has 0 radical (unpaired) electrons. The monoisotopic (exact) mass is 563 g/mol. The highest BCUT2D eigenvalue weighted by atomic mass is 32.2. The fraction of sp³-hybridized carbons (Fsp3) is 0.321. The first kappa shape index (κ1) is 27.4. The molecule has 4 aromatic rings. The Morgan fingerprint density at radius 3 is 2.30 bits per heavy atom. The van der Waals surface area contributed by atoms with Gasteiger partial charge in [-0.15, -0.1) is 0 Å². The van der Waals surface area contributed by atoms with Crippen molar-refractivity contribution in [1.29, 1.82) is 0 Å². The minimum absolute atomic E-state index is 0.0937. The average molecular weight is 564 g/mol. The molecule has 1 aliphatic heterocycles. The van der Waals surface area contributed by atoms with Crippen LogP contribution in [0.1, 0.15) is 19.4 Å². The number of hydrogen-bond acceptors (Lipinski definition) is 9.